The van der Waals surface area contributed by atoms with Crippen LogP contribution in [0.15, 0.2) is 12.4 Å². The van der Waals surface area contributed by atoms with Gasteiger partial charge in [0.1, 0.15) is 5.54 Å². The van der Waals surface area contributed by atoms with Gasteiger partial charge in [0.15, 0.2) is 0 Å². The number of nitrogens with zero attached hydrogens (tertiary/aromatic N) is 2. The van der Waals surface area contributed by atoms with Crippen molar-refractivity contribution in [2.75, 3.05) is 6.54 Å². The highest BCUT2D eigenvalue weighted by Gasteiger charge is 2.30. The quantitative estimate of drug-likeness (QED) is 0.769. The standard InChI is InChI=1S/C9H15ClN4O/c1-3-12-9(2,8(11)15)6-14-5-7(10)4-13-14/h4-5,12H,3,6H2,1-2H3,(H2,11,15). The predicted molar refractivity (Wildman–Crippen MR) is 58.5 cm³/mol. The van der Waals surface area contributed by atoms with Gasteiger partial charge in [-0.25, -0.2) is 0 Å². The van der Waals surface area contributed by atoms with Crippen molar-refractivity contribution in [1.82, 2.24) is 15.1 Å². The fourth-order valence-electron chi connectivity index (χ4n) is 1.36. The summed E-state index contributed by atoms with van der Waals surface area (Å²) in [7, 11) is 0. The average Bonchev–Trinajstić information content (AvgIpc) is 2.51. The van der Waals surface area contributed by atoms with Gasteiger partial charge in [0, 0.05) is 6.20 Å². The first-order valence-corrected chi connectivity index (χ1v) is 5.08. The van der Waals surface area contributed by atoms with Gasteiger partial charge in [-0.2, -0.15) is 5.10 Å². The maximum Gasteiger partial charge on any atom is 0.239 e. The number of primary amides is 1. The molecule has 0 aliphatic heterocycles. The van der Waals surface area contributed by atoms with Crippen molar-refractivity contribution in [1.29, 1.82) is 0 Å². The molecule has 5 nitrogen and oxygen atoms in total. The summed E-state index contributed by atoms with van der Waals surface area (Å²) >= 11 is 5.73. The number of carbonyl (C=O) groups excluding carboxylic acids is 1. The van der Waals surface area contributed by atoms with Gasteiger partial charge in [-0.1, -0.05) is 18.5 Å². The maximum atomic E-state index is 11.3. The van der Waals surface area contributed by atoms with E-state index in [1.165, 1.54) is 6.20 Å². The number of nitrogens with one attached hydrogen (secondary N) is 1. The van der Waals surface area contributed by atoms with Crippen molar-refractivity contribution in [2.45, 2.75) is 25.9 Å². The highest BCUT2D eigenvalue weighted by molar-refractivity contribution is 6.30. The van der Waals surface area contributed by atoms with Crippen molar-refractivity contribution in [2.24, 2.45) is 5.73 Å². The van der Waals surface area contributed by atoms with Gasteiger partial charge in [0.25, 0.3) is 0 Å². The zero-order valence-corrected chi connectivity index (χ0v) is 9.58. The van der Waals surface area contributed by atoms with E-state index >= 15 is 0 Å². The number of carbonyl (C=O) groups is 1. The minimum atomic E-state index is -0.801. The van der Waals surface area contributed by atoms with E-state index in [1.807, 2.05) is 6.92 Å². The predicted octanol–water partition coefficient (Wildman–Crippen LogP) is 0.390. The third kappa shape index (κ3) is 2.94. The molecule has 3 N–H and O–H groups in total. The van der Waals surface area contributed by atoms with Gasteiger partial charge in [0.2, 0.25) is 5.91 Å². The van der Waals surface area contributed by atoms with Gasteiger partial charge in [-0.3, -0.25) is 9.48 Å². The minimum Gasteiger partial charge on any atom is -0.368 e. The lowest BCUT2D eigenvalue weighted by Gasteiger charge is -2.26. The molecular weight excluding hydrogens is 216 g/mol. The number of likely N-dealkylation sites (N-methyl/N-ethyl adjacent to an activating group) is 1. The average molecular weight is 231 g/mol. The van der Waals surface area contributed by atoms with E-state index < -0.39 is 11.4 Å². The third-order valence-corrected chi connectivity index (χ3v) is 2.39. The van der Waals surface area contributed by atoms with Crippen LogP contribution in [0, 0.1) is 0 Å². The molecule has 0 aliphatic rings. The lowest BCUT2D eigenvalue weighted by Crippen LogP contribution is -2.55. The van der Waals surface area contributed by atoms with Gasteiger partial charge in [-0.05, 0) is 13.5 Å². The van der Waals surface area contributed by atoms with E-state index in [0.717, 1.165) is 0 Å². The molecule has 1 aromatic heterocycles. The van der Waals surface area contributed by atoms with E-state index in [-0.39, 0.29) is 0 Å². The van der Waals surface area contributed by atoms with Crippen LogP contribution in [0.2, 0.25) is 5.02 Å². The van der Waals surface area contributed by atoms with E-state index in [4.69, 9.17) is 17.3 Å². The smallest absolute Gasteiger partial charge is 0.239 e. The second kappa shape index (κ2) is 4.63. The molecule has 0 fully saturated rings. The lowest BCUT2D eigenvalue weighted by atomic mass is 10.0. The number of rotatable bonds is 5. The zero-order valence-electron chi connectivity index (χ0n) is 8.83. The molecule has 0 aromatic carbocycles. The van der Waals surface area contributed by atoms with Crippen molar-refractivity contribution in [3.05, 3.63) is 17.4 Å². The summed E-state index contributed by atoms with van der Waals surface area (Å²) in [6.07, 6.45) is 3.18. The molecule has 84 valence electrons. The van der Waals surface area contributed by atoms with Crippen LogP contribution in [0.25, 0.3) is 0 Å². The molecule has 15 heavy (non-hydrogen) atoms. The Kier molecular flexibility index (Phi) is 3.71. The Morgan fingerprint density at radius 1 is 1.80 bits per heavy atom. The molecule has 0 saturated carbocycles. The summed E-state index contributed by atoms with van der Waals surface area (Å²) in [5.74, 6) is -0.407. The topological polar surface area (TPSA) is 72.9 Å². The first-order chi connectivity index (χ1) is 6.98. The van der Waals surface area contributed by atoms with Gasteiger partial charge < -0.3 is 11.1 Å². The van der Waals surface area contributed by atoms with Crippen molar-refractivity contribution in [3.8, 4) is 0 Å². The van der Waals surface area contributed by atoms with Crippen LogP contribution in [0.1, 0.15) is 13.8 Å². The summed E-state index contributed by atoms with van der Waals surface area (Å²) in [5, 5.41) is 7.58. The highest BCUT2D eigenvalue weighted by Crippen LogP contribution is 2.10. The first kappa shape index (κ1) is 12.0. The van der Waals surface area contributed by atoms with E-state index in [1.54, 1.807) is 17.8 Å². The summed E-state index contributed by atoms with van der Waals surface area (Å²) in [6, 6.07) is 0. The Balaban J connectivity index is 2.79. The second-order valence-electron chi connectivity index (χ2n) is 3.58. The Bertz CT molecular complexity index is 352. The molecule has 0 aliphatic carbocycles. The second-order valence-corrected chi connectivity index (χ2v) is 4.02. The third-order valence-electron chi connectivity index (χ3n) is 2.19. The number of hydrogen-bond acceptors (Lipinski definition) is 3. The molecule has 1 heterocycles. The first-order valence-electron chi connectivity index (χ1n) is 4.71. The largest absolute Gasteiger partial charge is 0.368 e. The summed E-state index contributed by atoms with van der Waals surface area (Å²) in [4.78, 5) is 11.3. The van der Waals surface area contributed by atoms with E-state index in [9.17, 15) is 4.79 Å². The summed E-state index contributed by atoms with van der Waals surface area (Å²) in [6.45, 7) is 4.68. The molecular formula is C9H15ClN4O. The molecule has 1 atom stereocenters. The molecule has 1 rings (SSSR count). The number of aromatic nitrogens is 2. The SMILES string of the molecule is CCNC(C)(Cn1cc(Cl)cn1)C(N)=O. The number of halogens is 1. The van der Waals surface area contributed by atoms with Gasteiger partial charge >= 0.3 is 0 Å². The minimum absolute atomic E-state index is 0.364. The fraction of sp³-hybridized carbons (Fsp3) is 0.556. The zero-order chi connectivity index (χ0) is 11.5. The molecule has 1 amide bonds. The Labute approximate surface area is 93.6 Å². The van der Waals surface area contributed by atoms with Crippen LogP contribution >= 0.6 is 11.6 Å². The molecule has 1 unspecified atom stereocenters. The molecule has 0 radical (unpaired) electrons. The lowest BCUT2D eigenvalue weighted by molar-refractivity contribution is -0.124. The van der Waals surface area contributed by atoms with E-state index in [0.29, 0.717) is 18.1 Å². The summed E-state index contributed by atoms with van der Waals surface area (Å²) < 4.78 is 1.59. The van der Waals surface area contributed by atoms with Crippen LogP contribution in [-0.2, 0) is 11.3 Å². The molecule has 1 aromatic rings. The van der Waals surface area contributed by atoms with Gasteiger partial charge in [-0.15, -0.1) is 0 Å². The number of nitrogens with two attached hydrogens (primary N) is 1. The number of hydrogen-bond donors (Lipinski definition) is 2. The maximum absolute atomic E-state index is 11.3. The highest BCUT2D eigenvalue weighted by atomic mass is 35.5. The van der Waals surface area contributed by atoms with Crippen LogP contribution in [0.5, 0.6) is 0 Å². The molecule has 6 heteroatoms. The molecule has 0 saturated heterocycles. The van der Waals surface area contributed by atoms with Crippen LogP contribution < -0.4 is 11.1 Å². The Morgan fingerprint density at radius 2 is 2.47 bits per heavy atom. The van der Waals surface area contributed by atoms with E-state index in [2.05, 4.69) is 10.4 Å². The van der Waals surface area contributed by atoms with Crippen molar-refractivity contribution in [3.63, 3.8) is 0 Å². The normalized spacial score (nSPS) is 14.9. The van der Waals surface area contributed by atoms with Gasteiger partial charge in [0.05, 0.1) is 17.8 Å². The molecule has 0 spiro atoms. The summed E-state index contributed by atoms with van der Waals surface area (Å²) in [5.41, 5.74) is 4.53. The van der Waals surface area contributed by atoms with Crippen molar-refractivity contribution < 1.29 is 4.79 Å². The van der Waals surface area contributed by atoms with Crippen LogP contribution in [-0.4, -0.2) is 27.8 Å². The van der Waals surface area contributed by atoms with Crippen LogP contribution in [0.3, 0.4) is 0 Å². The Morgan fingerprint density at radius 3 is 2.87 bits per heavy atom. The fourth-order valence-corrected chi connectivity index (χ4v) is 1.52. The Hall–Kier alpha value is -1.07. The van der Waals surface area contributed by atoms with Crippen LogP contribution in [0.4, 0.5) is 0 Å². The monoisotopic (exact) mass is 230 g/mol. The molecule has 0 bridgehead atoms. The van der Waals surface area contributed by atoms with Crippen molar-refractivity contribution >= 4 is 17.5 Å². The number of amides is 1.